The molecule has 0 saturated heterocycles. The molecule has 1 aromatic rings. The summed E-state index contributed by atoms with van der Waals surface area (Å²) in [5, 5.41) is 12.5. The topological polar surface area (TPSA) is 58.3 Å². The monoisotopic (exact) mass is 274 g/mol. The molecule has 6 heteroatoms. The summed E-state index contributed by atoms with van der Waals surface area (Å²) < 4.78 is 37.5. The number of hydrogen-bond donors (Lipinski definition) is 3. The molecule has 0 unspecified atom stereocenters. The lowest BCUT2D eigenvalue weighted by Gasteiger charge is -2.27. The number of benzene rings is 1. The molecule has 0 radical (unpaired) electrons. The van der Waals surface area contributed by atoms with Crippen molar-refractivity contribution in [3.05, 3.63) is 23.8 Å². The Hall–Kier alpha value is -1.43. The van der Waals surface area contributed by atoms with Crippen LogP contribution in [0, 0.1) is 0 Å². The molecule has 1 fully saturated rings. The minimum Gasteiger partial charge on any atom is -0.397 e. The number of nitrogen functional groups attached to an aromatic ring is 1. The van der Waals surface area contributed by atoms with Gasteiger partial charge in [0.15, 0.2) is 0 Å². The standard InChI is InChI=1S/C13H17F3N2O/c14-13(15,16)8-1-6-12(11(17)7-8)18-9-2-4-10(19)5-3-9/h1,6-7,9-10,18-19H,2-5,17H2/t9-,10-. The quantitative estimate of drug-likeness (QED) is 0.727. The van der Waals surface area contributed by atoms with E-state index in [2.05, 4.69) is 5.32 Å². The van der Waals surface area contributed by atoms with Crippen molar-refractivity contribution >= 4 is 11.4 Å². The van der Waals surface area contributed by atoms with Gasteiger partial charge in [-0.1, -0.05) is 0 Å². The first-order chi connectivity index (χ1) is 8.86. The van der Waals surface area contributed by atoms with Crippen molar-refractivity contribution < 1.29 is 18.3 Å². The van der Waals surface area contributed by atoms with Gasteiger partial charge >= 0.3 is 6.18 Å². The van der Waals surface area contributed by atoms with Crippen molar-refractivity contribution in [2.75, 3.05) is 11.1 Å². The van der Waals surface area contributed by atoms with Gasteiger partial charge in [0.25, 0.3) is 0 Å². The van der Waals surface area contributed by atoms with Crippen LogP contribution in [0.25, 0.3) is 0 Å². The molecule has 4 N–H and O–H groups in total. The van der Waals surface area contributed by atoms with E-state index in [1.807, 2.05) is 0 Å². The van der Waals surface area contributed by atoms with E-state index in [1.165, 1.54) is 6.07 Å². The van der Waals surface area contributed by atoms with Crippen LogP contribution in [0.15, 0.2) is 18.2 Å². The Morgan fingerprint density at radius 3 is 2.32 bits per heavy atom. The van der Waals surface area contributed by atoms with Crippen LogP contribution in [0.2, 0.25) is 0 Å². The predicted molar refractivity (Wildman–Crippen MR) is 67.7 cm³/mol. The first-order valence-electron chi connectivity index (χ1n) is 6.27. The first-order valence-corrected chi connectivity index (χ1v) is 6.27. The Labute approximate surface area is 109 Å². The molecule has 1 aliphatic rings. The second-order valence-electron chi connectivity index (χ2n) is 4.95. The van der Waals surface area contributed by atoms with Gasteiger partial charge in [-0.05, 0) is 43.9 Å². The third-order valence-corrected chi connectivity index (χ3v) is 3.44. The van der Waals surface area contributed by atoms with E-state index >= 15 is 0 Å². The molecule has 0 bridgehead atoms. The average Bonchev–Trinajstić information content (AvgIpc) is 2.33. The summed E-state index contributed by atoms with van der Waals surface area (Å²) in [4.78, 5) is 0. The van der Waals surface area contributed by atoms with Crippen molar-refractivity contribution in [2.24, 2.45) is 0 Å². The van der Waals surface area contributed by atoms with Gasteiger partial charge in [-0.2, -0.15) is 13.2 Å². The fourth-order valence-electron chi connectivity index (χ4n) is 2.31. The summed E-state index contributed by atoms with van der Waals surface area (Å²) in [7, 11) is 0. The largest absolute Gasteiger partial charge is 0.416 e. The van der Waals surface area contributed by atoms with E-state index in [9.17, 15) is 18.3 Å². The molecule has 1 aromatic carbocycles. The second-order valence-corrected chi connectivity index (χ2v) is 4.95. The number of alkyl halides is 3. The highest BCUT2D eigenvalue weighted by molar-refractivity contribution is 5.67. The molecule has 0 heterocycles. The number of hydrogen-bond acceptors (Lipinski definition) is 3. The third-order valence-electron chi connectivity index (χ3n) is 3.44. The Morgan fingerprint density at radius 2 is 1.79 bits per heavy atom. The molecule has 0 spiro atoms. The van der Waals surface area contributed by atoms with Crippen LogP contribution in [-0.4, -0.2) is 17.3 Å². The number of anilines is 2. The highest BCUT2D eigenvalue weighted by atomic mass is 19.4. The van der Waals surface area contributed by atoms with Gasteiger partial charge in [-0.15, -0.1) is 0 Å². The van der Waals surface area contributed by atoms with Crippen LogP contribution < -0.4 is 11.1 Å². The summed E-state index contributed by atoms with van der Waals surface area (Å²) in [6, 6.07) is 3.49. The molecule has 1 aliphatic carbocycles. The van der Waals surface area contributed by atoms with E-state index in [0.29, 0.717) is 18.5 Å². The Balaban J connectivity index is 2.05. The summed E-state index contributed by atoms with van der Waals surface area (Å²) in [6.45, 7) is 0. The summed E-state index contributed by atoms with van der Waals surface area (Å²) in [6.07, 6.45) is -1.63. The van der Waals surface area contributed by atoms with Crippen molar-refractivity contribution in [2.45, 2.75) is 44.0 Å². The van der Waals surface area contributed by atoms with E-state index < -0.39 is 11.7 Å². The van der Waals surface area contributed by atoms with Crippen molar-refractivity contribution in [3.63, 3.8) is 0 Å². The molecule has 3 nitrogen and oxygen atoms in total. The predicted octanol–water partition coefficient (Wildman–Crippen LogP) is 3.00. The van der Waals surface area contributed by atoms with Crippen molar-refractivity contribution in [1.82, 2.24) is 0 Å². The minimum atomic E-state index is -4.37. The normalized spacial score (nSPS) is 24.2. The fourth-order valence-corrected chi connectivity index (χ4v) is 2.31. The van der Waals surface area contributed by atoms with Gasteiger partial charge in [0.05, 0.1) is 23.0 Å². The number of rotatable bonds is 2. The smallest absolute Gasteiger partial charge is 0.397 e. The maximum Gasteiger partial charge on any atom is 0.416 e. The average molecular weight is 274 g/mol. The first kappa shape index (κ1) is 14.0. The molecule has 19 heavy (non-hydrogen) atoms. The lowest BCUT2D eigenvalue weighted by molar-refractivity contribution is -0.137. The van der Waals surface area contributed by atoms with E-state index in [0.717, 1.165) is 25.0 Å². The maximum absolute atomic E-state index is 12.5. The zero-order chi connectivity index (χ0) is 14.0. The van der Waals surface area contributed by atoms with Crippen LogP contribution >= 0.6 is 0 Å². The SMILES string of the molecule is Nc1cc(C(F)(F)F)ccc1N[C@H]1CC[C@H](O)CC1. The van der Waals surface area contributed by atoms with Crippen LogP contribution in [-0.2, 0) is 6.18 Å². The van der Waals surface area contributed by atoms with Gasteiger partial charge in [0.1, 0.15) is 0 Å². The summed E-state index contributed by atoms with van der Waals surface area (Å²) in [5.74, 6) is 0. The zero-order valence-electron chi connectivity index (χ0n) is 10.4. The molecule has 106 valence electrons. The Kier molecular flexibility index (Phi) is 3.89. The van der Waals surface area contributed by atoms with Crippen molar-refractivity contribution in [3.8, 4) is 0 Å². The molecular formula is C13H17F3N2O. The van der Waals surface area contributed by atoms with Crippen molar-refractivity contribution in [1.29, 1.82) is 0 Å². The van der Waals surface area contributed by atoms with Gasteiger partial charge < -0.3 is 16.2 Å². The molecule has 0 amide bonds. The number of nitrogens with two attached hydrogens (primary N) is 1. The van der Waals surface area contributed by atoms with E-state index in [4.69, 9.17) is 5.73 Å². The van der Waals surface area contributed by atoms with Crippen LogP contribution in [0.4, 0.5) is 24.5 Å². The highest BCUT2D eigenvalue weighted by Crippen LogP contribution is 2.33. The molecule has 0 aromatic heterocycles. The summed E-state index contributed by atoms with van der Waals surface area (Å²) >= 11 is 0. The van der Waals surface area contributed by atoms with E-state index in [1.54, 1.807) is 0 Å². The Morgan fingerprint density at radius 1 is 1.16 bits per heavy atom. The minimum absolute atomic E-state index is 0.0981. The van der Waals surface area contributed by atoms with E-state index in [-0.39, 0.29) is 17.8 Å². The van der Waals surface area contributed by atoms with Gasteiger partial charge in [-0.3, -0.25) is 0 Å². The van der Waals surface area contributed by atoms with Crippen LogP contribution in [0.1, 0.15) is 31.2 Å². The lowest BCUT2D eigenvalue weighted by Crippen LogP contribution is -2.28. The number of aliphatic hydroxyl groups excluding tert-OH is 1. The van der Waals surface area contributed by atoms with Crippen LogP contribution in [0.5, 0.6) is 0 Å². The van der Waals surface area contributed by atoms with Gasteiger partial charge in [-0.25, -0.2) is 0 Å². The van der Waals surface area contributed by atoms with Gasteiger partial charge in [0.2, 0.25) is 0 Å². The molecule has 0 aliphatic heterocycles. The number of aliphatic hydroxyl groups is 1. The number of halogens is 3. The zero-order valence-corrected chi connectivity index (χ0v) is 10.4. The van der Waals surface area contributed by atoms with Crippen LogP contribution in [0.3, 0.4) is 0 Å². The lowest BCUT2D eigenvalue weighted by atomic mass is 9.93. The second kappa shape index (κ2) is 5.28. The summed E-state index contributed by atoms with van der Waals surface area (Å²) in [5.41, 5.74) is 5.53. The molecular weight excluding hydrogens is 257 g/mol. The molecule has 0 atom stereocenters. The third kappa shape index (κ3) is 3.53. The van der Waals surface area contributed by atoms with Gasteiger partial charge in [0, 0.05) is 6.04 Å². The highest BCUT2D eigenvalue weighted by Gasteiger charge is 2.31. The fraction of sp³-hybridized carbons (Fsp3) is 0.538. The number of nitrogens with one attached hydrogen (secondary N) is 1. The Bertz CT molecular complexity index is 440. The maximum atomic E-state index is 12.5. The molecule has 1 saturated carbocycles. The molecule has 2 rings (SSSR count).